The molecule has 38 heavy (non-hydrogen) atoms. The van der Waals surface area contributed by atoms with Gasteiger partial charge in [0.25, 0.3) is 0 Å². The third-order valence-corrected chi connectivity index (χ3v) is 7.77. The number of likely N-dealkylation sites (N-methyl/N-ethyl adjacent to an activating group) is 1. The lowest BCUT2D eigenvalue weighted by Crippen LogP contribution is -2.49. The fourth-order valence-electron chi connectivity index (χ4n) is 4.14. The molecule has 0 heterocycles. The standard InChI is InChI=1S/C28H31BrFN3O4S/c1-31-28(35)26(19-21-9-4-3-5-10-21)32(20-22-14-16-23(29)17-15-22)27(34)13-8-18-33(38(2,36)37)25-12-7-6-11-24(25)30/h3-7,9-12,14-17,26H,8,13,18-20H2,1-2H3,(H,31,35)/t26-/m0/s1. The summed E-state index contributed by atoms with van der Waals surface area (Å²) in [5, 5.41) is 2.67. The molecular weight excluding hydrogens is 573 g/mol. The van der Waals surface area contributed by atoms with E-state index >= 15 is 0 Å². The zero-order chi connectivity index (χ0) is 27.7. The molecule has 7 nitrogen and oxygen atoms in total. The largest absolute Gasteiger partial charge is 0.357 e. The number of carbonyl (C=O) groups excluding carboxylic acids is 2. The van der Waals surface area contributed by atoms with Crippen molar-refractivity contribution in [2.24, 2.45) is 0 Å². The van der Waals surface area contributed by atoms with Gasteiger partial charge < -0.3 is 10.2 Å². The Labute approximate surface area is 231 Å². The Balaban J connectivity index is 1.84. The fourth-order valence-corrected chi connectivity index (χ4v) is 5.37. The first-order valence-corrected chi connectivity index (χ1v) is 14.8. The Morgan fingerprint density at radius 3 is 2.18 bits per heavy atom. The van der Waals surface area contributed by atoms with Crippen LogP contribution in [0.2, 0.25) is 0 Å². The van der Waals surface area contributed by atoms with E-state index in [1.165, 1.54) is 30.1 Å². The molecule has 1 N–H and O–H groups in total. The Bertz CT molecular complexity index is 1340. The lowest BCUT2D eigenvalue weighted by atomic mass is 10.0. The molecule has 0 fully saturated rings. The summed E-state index contributed by atoms with van der Waals surface area (Å²) in [5.41, 5.74) is 1.67. The van der Waals surface area contributed by atoms with Gasteiger partial charge in [-0.05, 0) is 41.8 Å². The van der Waals surface area contributed by atoms with Gasteiger partial charge in [0.1, 0.15) is 11.9 Å². The van der Waals surface area contributed by atoms with Crippen LogP contribution in [0.5, 0.6) is 0 Å². The molecule has 0 aliphatic carbocycles. The summed E-state index contributed by atoms with van der Waals surface area (Å²) in [6, 6.07) is 21.7. The lowest BCUT2D eigenvalue weighted by molar-refractivity contribution is -0.141. The van der Waals surface area contributed by atoms with Crippen LogP contribution in [-0.2, 0) is 32.6 Å². The normalized spacial score (nSPS) is 12.0. The molecule has 0 spiro atoms. The number of nitrogens with zero attached hydrogens (tertiary/aromatic N) is 2. The van der Waals surface area contributed by atoms with Crippen molar-refractivity contribution in [3.05, 3.63) is 100 Å². The summed E-state index contributed by atoms with van der Waals surface area (Å²) in [5.74, 6) is -1.27. The number of benzene rings is 3. The monoisotopic (exact) mass is 603 g/mol. The molecule has 0 saturated carbocycles. The number of amides is 2. The minimum Gasteiger partial charge on any atom is -0.357 e. The van der Waals surface area contributed by atoms with Crippen molar-refractivity contribution in [1.29, 1.82) is 0 Å². The van der Waals surface area contributed by atoms with Crippen LogP contribution in [0.4, 0.5) is 10.1 Å². The molecule has 0 radical (unpaired) electrons. The van der Waals surface area contributed by atoms with Gasteiger partial charge in [0.2, 0.25) is 21.8 Å². The minimum absolute atomic E-state index is 0.0285. The molecule has 3 aromatic rings. The third-order valence-electron chi connectivity index (χ3n) is 6.06. The zero-order valence-corrected chi connectivity index (χ0v) is 23.7. The van der Waals surface area contributed by atoms with E-state index in [0.29, 0.717) is 6.42 Å². The van der Waals surface area contributed by atoms with E-state index in [9.17, 15) is 22.4 Å². The van der Waals surface area contributed by atoms with Crippen LogP contribution in [0.25, 0.3) is 0 Å². The van der Waals surface area contributed by atoms with Crippen LogP contribution in [0.15, 0.2) is 83.3 Å². The molecule has 3 aromatic carbocycles. The summed E-state index contributed by atoms with van der Waals surface area (Å²) in [7, 11) is -2.26. The van der Waals surface area contributed by atoms with Crippen LogP contribution in [-0.4, -0.2) is 51.0 Å². The number of hydrogen-bond donors (Lipinski definition) is 1. The first kappa shape index (κ1) is 29.3. The first-order chi connectivity index (χ1) is 18.1. The molecule has 0 saturated heterocycles. The highest BCUT2D eigenvalue weighted by Crippen LogP contribution is 2.23. The maximum Gasteiger partial charge on any atom is 0.242 e. The molecule has 2 amide bonds. The molecule has 10 heteroatoms. The lowest BCUT2D eigenvalue weighted by Gasteiger charge is -2.31. The van der Waals surface area contributed by atoms with Crippen LogP contribution in [0.1, 0.15) is 24.0 Å². The number of rotatable bonds is 12. The number of carbonyl (C=O) groups is 2. The fraction of sp³-hybridized carbons (Fsp3) is 0.286. The molecule has 0 bridgehead atoms. The third kappa shape index (κ3) is 8.13. The van der Waals surface area contributed by atoms with Crippen LogP contribution >= 0.6 is 15.9 Å². The van der Waals surface area contributed by atoms with E-state index < -0.39 is 21.9 Å². The second-order valence-electron chi connectivity index (χ2n) is 8.86. The first-order valence-electron chi connectivity index (χ1n) is 12.1. The van der Waals surface area contributed by atoms with Crippen molar-refractivity contribution >= 4 is 43.5 Å². The van der Waals surface area contributed by atoms with E-state index in [0.717, 1.165) is 26.2 Å². The van der Waals surface area contributed by atoms with Gasteiger partial charge in [0.05, 0.1) is 11.9 Å². The van der Waals surface area contributed by atoms with Crippen LogP contribution in [0, 0.1) is 5.82 Å². The molecule has 3 rings (SSSR count). The van der Waals surface area contributed by atoms with E-state index in [4.69, 9.17) is 0 Å². The number of sulfonamides is 1. The van der Waals surface area contributed by atoms with Crippen LogP contribution < -0.4 is 9.62 Å². The number of nitrogens with one attached hydrogen (secondary N) is 1. The average Bonchev–Trinajstić information content (AvgIpc) is 2.89. The zero-order valence-electron chi connectivity index (χ0n) is 21.3. The Kier molecular flexibility index (Phi) is 10.4. The Morgan fingerprint density at radius 2 is 1.58 bits per heavy atom. The Morgan fingerprint density at radius 1 is 0.947 bits per heavy atom. The van der Waals surface area contributed by atoms with Crippen molar-refractivity contribution in [1.82, 2.24) is 10.2 Å². The van der Waals surface area contributed by atoms with E-state index in [1.807, 2.05) is 54.6 Å². The molecule has 0 aromatic heterocycles. The molecular formula is C28H31BrFN3O4S. The predicted octanol–water partition coefficient (Wildman–Crippen LogP) is 4.52. The molecule has 1 atom stereocenters. The van der Waals surface area contributed by atoms with E-state index in [1.54, 1.807) is 6.07 Å². The predicted molar refractivity (Wildman–Crippen MR) is 151 cm³/mol. The van der Waals surface area contributed by atoms with Crippen molar-refractivity contribution in [2.75, 3.05) is 24.2 Å². The smallest absolute Gasteiger partial charge is 0.242 e. The maximum absolute atomic E-state index is 14.4. The van der Waals surface area contributed by atoms with Gasteiger partial charge in [-0.3, -0.25) is 13.9 Å². The van der Waals surface area contributed by atoms with Crippen molar-refractivity contribution in [2.45, 2.75) is 31.8 Å². The summed E-state index contributed by atoms with van der Waals surface area (Å²) < 4.78 is 41.0. The highest BCUT2D eigenvalue weighted by molar-refractivity contribution is 9.10. The minimum atomic E-state index is -3.79. The highest BCUT2D eigenvalue weighted by atomic mass is 79.9. The van der Waals surface area contributed by atoms with Crippen LogP contribution in [0.3, 0.4) is 0 Å². The van der Waals surface area contributed by atoms with E-state index in [-0.39, 0.29) is 43.4 Å². The maximum atomic E-state index is 14.4. The summed E-state index contributed by atoms with van der Waals surface area (Å²) in [6.45, 7) is 0.112. The number of hydrogen-bond acceptors (Lipinski definition) is 4. The Hall–Kier alpha value is -3.24. The van der Waals surface area contributed by atoms with Gasteiger partial charge in [0.15, 0.2) is 0 Å². The van der Waals surface area contributed by atoms with Gasteiger partial charge >= 0.3 is 0 Å². The number of para-hydroxylation sites is 1. The van der Waals surface area contributed by atoms with Crippen molar-refractivity contribution in [3.63, 3.8) is 0 Å². The summed E-state index contributed by atoms with van der Waals surface area (Å²) >= 11 is 3.41. The van der Waals surface area contributed by atoms with Gasteiger partial charge in [-0.2, -0.15) is 0 Å². The summed E-state index contributed by atoms with van der Waals surface area (Å²) in [4.78, 5) is 28.1. The van der Waals surface area contributed by atoms with Gasteiger partial charge in [0, 0.05) is 37.5 Å². The van der Waals surface area contributed by atoms with E-state index in [2.05, 4.69) is 21.2 Å². The van der Waals surface area contributed by atoms with Gasteiger partial charge in [-0.25, -0.2) is 12.8 Å². The van der Waals surface area contributed by atoms with Gasteiger partial charge in [-0.1, -0.05) is 70.5 Å². The quantitative estimate of drug-likeness (QED) is 0.330. The topological polar surface area (TPSA) is 86.8 Å². The molecule has 0 aliphatic heterocycles. The summed E-state index contributed by atoms with van der Waals surface area (Å²) in [6.07, 6.45) is 1.43. The highest BCUT2D eigenvalue weighted by Gasteiger charge is 2.30. The molecule has 0 aliphatic rings. The van der Waals surface area contributed by atoms with Crippen molar-refractivity contribution < 1.29 is 22.4 Å². The molecule has 202 valence electrons. The number of halogens is 2. The number of anilines is 1. The van der Waals surface area contributed by atoms with Gasteiger partial charge in [-0.15, -0.1) is 0 Å². The molecule has 0 unspecified atom stereocenters. The second kappa shape index (κ2) is 13.5. The van der Waals surface area contributed by atoms with Crippen molar-refractivity contribution in [3.8, 4) is 0 Å². The SMILES string of the molecule is CNC(=O)[C@H](Cc1ccccc1)N(Cc1ccc(Br)cc1)C(=O)CCCN(c1ccccc1F)S(C)(=O)=O. The second-order valence-corrected chi connectivity index (χ2v) is 11.7. The average molecular weight is 605 g/mol.